The van der Waals surface area contributed by atoms with Crippen LogP contribution in [0.15, 0.2) is 54.9 Å². The summed E-state index contributed by atoms with van der Waals surface area (Å²) in [6.07, 6.45) is 3.28. The van der Waals surface area contributed by atoms with Crippen LogP contribution in [0.5, 0.6) is 11.6 Å². The molecule has 0 unspecified atom stereocenters. The number of ether oxygens (including phenoxy) is 1. The fourth-order valence-corrected chi connectivity index (χ4v) is 2.77. The van der Waals surface area contributed by atoms with Gasteiger partial charge in [0.1, 0.15) is 5.75 Å². The van der Waals surface area contributed by atoms with E-state index < -0.39 is 0 Å². The lowest BCUT2D eigenvalue weighted by Gasteiger charge is -2.12. The van der Waals surface area contributed by atoms with Gasteiger partial charge >= 0.3 is 0 Å². The summed E-state index contributed by atoms with van der Waals surface area (Å²) in [6, 6.07) is 12.7. The van der Waals surface area contributed by atoms with Crippen LogP contribution in [0.1, 0.15) is 27.2 Å². The molecule has 3 aromatic rings. The van der Waals surface area contributed by atoms with E-state index in [1.807, 2.05) is 44.2 Å². The van der Waals surface area contributed by atoms with E-state index in [9.17, 15) is 4.79 Å². The zero-order valence-corrected chi connectivity index (χ0v) is 15.2. The number of aryl methyl sites for hydroxylation is 2. The molecule has 1 aromatic carbocycles. The van der Waals surface area contributed by atoms with Gasteiger partial charge in [-0.05, 0) is 43.7 Å². The van der Waals surface area contributed by atoms with Gasteiger partial charge in [0.15, 0.2) is 0 Å². The van der Waals surface area contributed by atoms with Crippen molar-refractivity contribution in [3.05, 3.63) is 82.3 Å². The van der Waals surface area contributed by atoms with Crippen LogP contribution < -0.4 is 10.1 Å². The SMILES string of the molecule is Cc1ccc(Oc2ncccc2CNC(=O)c2c(C)cccc2Cl)cn1. The Balaban J connectivity index is 1.74. The molecule has 0 bridgehead atoms. The van der Waals surface area contributed by atoms with E-state index in [0.717, 1.165) is 16.8 Å². The average molecular weight is 368 g/mol. The molecule has 0 saturated carbocycles. The molecule has 5 nitrogen and oxygen atoms in total. The number of pyridine rings is 2. The van der Waals surface area contributed by atoms with Gasteiger partial charge in [-0.2, -0.15) is 0 Å². The Bertz CT molecular complexity index is 906. The maximum atomic E-state index is 12.5. The number of hydrogen-bond acceptors (Lipinski definition) is 4. The molecule has 0 fully saturated rings. The fraction of sp³-hybridized carbons (Fsp3) is 0.150. The zero-order valence-electron chi connectivity index (χ0n) is 14.5. The molecule has 0 spiro atoms. The minimum atomic E-state index is -0.236. The second-order valence-electron chi connectivity index (χ2n) is 5.82. The molecule has 1 N–H and O–H groups in total. The van der Waals surface area contributed by atoms with Crippen molar-refractivity contribution in [1.29, 1.82) is 0 Å². The van der Waals surface area contributed by atoms with Crippen molar-refractivity contribution >= 4 is 17.5 Å². The molecule has 2 aromatic heterocycles. The van der Waals surface area contributed by atoms with Gasteiger partial charge in [-0.15, -0.1) is 0 Å². The van der Waals surface area contributed by atoms with Crippen molar-refractivity contribution < 1.29 is 9.53 Å². The van der Waals surface area contributed by atoms with Crippen molar-refractivity contribution in [3.8, 4) is 11.6 Å². The number of rotatable bonds is 5. The minimum absolute atomic E-state index is 0.236. The number of halogens is 1. The predicted molar refractivity (Wildman–Crippen MR) is 101 cm³/mol. The third kappa shape index (κ3) is 4.18. The molecule has 0 atom stereocenters. The van der Waals surface area contributed by atoms with Crippen molar-refractivity contribution in [1.82, 2.24) is 15.3 Å². The third-order valence-corrected chi connectivity index (χ3v) is 4.15. The lowest BCUT2D eigenvalue weighted by Crippen LogP contribution is -2.24. The number of aromatic nitrogens is 2. The van der Waals surface area contributed by atoms with Crippen molar-refractivity contribution in [2.24, 2.45) is 0 Å². The Hall–Kier alpha value is -2.92. The summed E-state index contributed by atoms with van der Waals surface area (Å²) in [5, 5.41) is 3.30. The molecule has 0 aliphatic heterocycles. The quantitative estimate of drug-likeness (QED) is 0.722. The summed E-state index contributed by atoms with van der Waals surface area (Å²) in [5.74, 6) is 0.776. The van der Waals surface area contributed by atoms with E-state index in [4.69, 9.17) is 16.3 Å². The van der Waals surface area contributed by atoms with Crippen molar-refractivity contribution in [2.45, 2.75) is 20.4 Å². The van der Waals surface area contributed by atoms with Crippen LogP contribution in [0.4, 0.5) is 0 Å². The first kappa shape index (κ1) is 17.9. The van der Waals surface area contributed by atoms with Crippen molar-refractivity contribution in [2.75, 3.05) is 0 Å². The van der Waals surface area contributed by atoms with Gasteiger partial charge < -0.3 is 10.1 Å². The Labute approximate surface area is 157 Å². The molecule has 26 heavy (non-hydrogen) atoms. The van der Waals surface area contributed by atoms with Crippen LogP contribution in [-0.4, -0.2) is 15.9 Å². The highest BCUT2D eigenvalue weighted by atomic mass is 35.5. The molecule has 0 aliphatic rings. The van der Waals surface area contributed by atoms with E-state index in [2.05, 4.69) is 15.3 Å². The number of carbonyl (C=O) groups excluding carboxylic acids is 1. The Kier molecular flexibility index (Phi) is 5.49. The monoisotopic (exact) mass is 367 g/mol. The van der Waals surface area contributed by atoms with Crippen LogP contribution in [-0.2, 0) is 6.54 Å². The molecule has 3 rings (SSSR count). The highest BCUT2D eigenvalue weighted by Gasteiger charge is 2.14. The van der Waals surface area contributed by atoms with Gasteiger partial charge in [-0.3, -0.25) is 9.78 Å². The highest BCUT2D eigenvalue weighted by molar-refractivity contribution is 6.34. The topological polar surface area (TPSA) is 64.1 Å². The van der Waals surface area contributed by atoms with E-state index >= 15 is 0 Å². The molecule has 2 heterocycles. The first-order valence-electron chi connectivity index (χ1n) is 8.12. The molecule has 1 amide bonds. The van der Waals surface area contributed by atoms with Gasteiger partial charge in [0, 0.05) is 24.0 Å². The summed E-state index contributed by atoms with van der Waals surface area (Å²) < 4.78 is 5.80. The van der Waals surface area contributed by atoms with E-state index in [1.54, 1.807) is 24.5 Å². The van der Waals surface area contributed by atoms with E-state index in [0.29, 0.717) is 22.2 Å². The Morgan fingerprint density at radius 1 is 1.12 bits per heavy atom. The number of nitrogens with one attached hydrogen (secondary N) is 1. The summed E-state index contributed by atoms with van der Waals surface area (Å²) in [4.78, 5) is 21.0. The van der Waals surface area contributed by atoms with Gasteiger partial charge in [-0.1, -0.05) is 29.8 Å². The average Bonchev–Trinajstić information content (AvgIpc) is 2.63. The number of carbonyl (C=O) groups is 1. The molecule has 0 aliphatic carbocycles. The number of amides is 1. The summed E-state index contributed by atoms with van der Waals surface area (Å²) in [5.41, 5.74) is 2.96. The maximum absolute atomic E-state index is 12.5. The predicted octanol–water partition coefficient (Wildman–Crippen LogP) is 4.47. The largest absolute Gasteiger partial charge is 0.437 e. The van der Waals surface area contributed by atoms with Crippen LogP contribution in [0.2, 0.25) is 5.02 Å². The Morgan fingerprint density at radius 3 is 2.69 bits per heavy atom. The lowest BCUT2D eigenvalue weighted by atomic mass is 10.1. The fourth-order valence-electron chi connectivity index (χ4n) is 2.46. The summed E-state index contributed by atoms with van der Waals surface area (Å²) in [6.45, 7) is 4.03. The van der Waals surface area contributed by atoms with Gasteiger partial charge in [0.05, 0.1) is 16.8 Å². The number of benzene rings is 1. The zero-order chi connectivity index (χ0) is 18.5. The number of hydrogen-bond donors (Lipinski definition) is 1. The summed E-state index contributed by atoms with van der Waals surface area (Å²) >= 11 is 6.15. The standard InChI is InChI=1S/C20H18ClN3O2/c1-13-5-3-7-17(21)18(13)19(25)24-11-15-6-4-10-22-20(15)26-16-9-8-14(2)23-12-16/h3-10,12H,11H2,1-2H3,(H,24,25). The first-order valence-corrected chi connectivity index (χ1v) is 8.50. The Morgan fingerprint density at radius 2 is 1.96 bits per heavy atom. The molecular weight excluding hydrogens is 350 g/mol. The molecule has 0 saturated heterocycles. The molecule has 132 valence electrons. The van der Waals surface area contributed by atoms with Crippen LogP contribution in [0.3, 0.4) is 0 Å². The van der Waals surface area contributed by atoms with Crippen LogP contribution in [0.25, 0.3) is 0 Å². The second-order valence-corrected chi connectivity index (χ2v) is 6.23. The molecule has 0 radical (unpaired) electrons. The normalized spacial score (nSPS) is 10.4. The molecular formula is C20H18ClN3O2. The first-order chi connectivity index (χ1) is 12.5. The highest BCUT2D eigenvalue weighted by Crippen LogP contribution is 2.23. The van der Waals surface area contributed by atoms with Crippen LogP contribution in [0, 0.1) is 13.8 Å². The maximum Gasteiger partial charge on any atom is 0.253 e. The molecule has 6 heteroatoms. The second kappa shape index (κ2) is 7.97. The van der Waals surface area contributed by atoms with Gasteiger partial charge in [0.2, 0.25) is 5.88 Å². The minimum Gasteiger partial charge on any atom is -0.437 e. The third-order valence-electron chi connectivity index (χ3n) is 3.84. The van der Waals surface area contributed by atoms with Crippen molar-refractivity contribution in [3.63, 3.8) is 0 Å². The van der Waals surface area contributed by atoms with E-state index in [1.165, 1.54) is 0 Å². The van der Waals surface area contributed by atoms with Gasteiger partial charge in [0.25, 0.3) is 5.91 Å². The summed E-state index contributed by atoms with van der Waals surface area (Å²) in [7, 11) is 0. The smallest absolute Gasteiger partial charge is 0.253 e. The van der Waals surface area contributed by atoms with E-state index in [-0.39, 0.29) is 12.5 Å². The van der Waals surface area contributed by atoms with Crippen LogP contribution >= 0.6 is 11.6 Å². The van der Waals surface area contributed by atoms with Gasteiger partial charge in [-0.25, -0.2) is 4.98 Å². The number of nitrogens with zero attached hydrogens (tertiary/aromatic N) is 2. The lowest BCUT2D eigenvalue weighted by molar-refractivity contribution is 0.0950.